The number of nitrogens with zero attached hydrogens (tertiary/aromatic N) is 1. The normalized spacial score (nSPS) is 10.4. The second-order valence-corrected chi connectivity index (χ2v) is 4.23. The third-order valence-corrected chi connectivity index (χ3v) is 3.03. The molecular weight excluding hydrogens is 245 g/mol. The van der Waals surface area contributed by atoms with Crippen molar-refractivity contribution >= 4 is 23.2 Å². The molecule has 0 aliphatic heterocycles. The Bertz CT molecular complexity index is 541. The van der Waals surface area contributed by atoms with Crippen LogP contribution in [0.4, 0.5) is 0 Å². The van der Waals surface area contributed by atoms with Gasteiger partial charge in [-0.05, 0) is 36.8 Å². The second kappa shape index (κ2) is 4.32. The average molecular weight is 254 g/mol. The van der Waals surface area contributed by atoms with Gasteiger partial charge in [0.15, 0.2) is 0 Å². The third kappa shape index (κ3) is 1.99. The van der Waals surface area contributed by atoms with Crippen LogP contribution in [0, 0.1) is 6.92 Å². The first-order chi connectivity index (χ1) is 7.59. The lowest BCUT2D eigenvalue weighted by molar-refractivity contribution is 0.477. The molecule has 1 aromatic carbocycles. The molecular formula is C12H9Cl2NO. The Morgan fingerprint density at radius 3 is 2.62 bits per heavy atom. The summed E-state index contributed by atoms with van der Waals surface area (Å²) in [5.41, 5.74) is 2.08. The van der Waals surface area contributed by atoms with Crippen LogP contribution in [-0.4, -0.2) is 10.1 Å². The lowest BCUT2D eigenvalue weighted by atomic mass is 10.0. The smallest absolute Gasteiger partial charge is 0.136 e. The molecule has 1 N–H and O–H groups in total. The molecule has 0 radical (unpaired) electrons. The average Bonchev–Trinajstić information content (AvgIpc) is 2.25. The van der Waals surface area contributed by atoms with E-state index >= 15 is 0 Å². The minimum absolute atomic E-state index is 0.150. The molecule has 2 nitrogen and oxygen atoms in total. The van der Waals surface area contributed by atoms with Crippen molar-refractivity contribution < 1.29 is 5.11 Å². The Hall–Kier alpha value is -1.25. The topological polar surface area (TPSA) is 33.1 Å². The van der Waals surface area contributed by atoms with Crippen molar-refractivity contribution in [2.75, 3.05) is 0 Å². The van der Waals surface area contributed by atoms with E-state index in [9.17, 15) is 5.11 Å². The molecule has 0 bridgehead atoms. The van der Waals surface area contributed by atoms with Crippen LogP contribution in [0.25, 0.3) is 11.1 Å². The van der Waals surface area contributed by atoms with E-state index in [1.54, 1.807) is 30.5 Å². The fraction of sp³-hybridized carbons (Fsp3) is 0.0833. The number of hydrogen-bond acceptors (Lipinski definition) is 2. The van der Waals surface area contributed by atoms with E-state index < -0.39 is 0 Å². The van der Waals surface area contributed by atoms with Crippen molar-refractivity contribution in [1.82, 2.24) is 4.98 Å². The first-order valence-electron chi connectivity index (χ1n) is 4.69. The molecule has 0 spiro atoms. The lowest BCUT2D eigenvalue weighted by Crippen LogP contribution is -1.85. The maximum atomic E-state index is 9.85. The van der Waals surface area contributed by atoms with Gasteiger partial charge in [0.05, 0.1) is 0 Å². The van der Waals surface area contributed by atoms with Gasteiger partial charge in [-0.1, -0.05) is 23.2 Å². The molecule has 16 heavy (non-hydrogen) atoms. The van der Waals surface area contributed by atoms with E-state index in [1.165, 1.54) is 0 Å². The summed E-state index contributed by atoms with van der Waals surface area (Å²) in [5, 5.41) is 10.8. The van der Waals surface area contributed by atoms with Crippen LogP contribution in [0.2, 0.25) is 10.2 Å². The quantitative estimate of drug-likeness (QED) is 0.778. The van der Waals surface area contributed by atoms with Gasteiger partial charge in [0.2, 0.25) is 0 Å². The molecule has 0 fully saturated rings. The van der Waals surface area contributed by atoms with Crippen molar-refractivity contribution in [2.24, 2.45) is 0 Å². The molecule has 4 heteroatoms. The van der Waals surface area contributed by atoms with E-state index in [4.69, 9.17) is 23.2 Å². The molecule has 0 aliphatic carbocycles. The van der Waals surface area contributed by atoms with Crippen molar-refractivity contribution in [1.29, 1.82) is 0 Å². The molecule has 2 rings (SSSR count). The summed E-state index contributed by atoms with van der Waals surface area (Å²) in [6.07, 6.45) is 1.60. The molecule has 0 saturated heterocycles. The Balaban J connectivity index is 2.65. The summed E-state index contributed by atoms with van der Waals surface area (Å²) < 4.78 is 0. The predicted molar refractivity (Wildman–Crippen MR) is 66.1 cm³/mol. The third-order valence-electron chi connectivity index (χ3n) is 2.33. The van der Waals surface area contributed by atoms with Gasteiger partial charge in [-0.2, -0.15) is 0 Å². The van der Waals surface area contributed by atoms with Crippen LogP contribution in [0.15, 0.2) is 30.5 Å². The van der Waals surface area contributed by atoms with Crippen LogP contribution in [0.3, 0.4) is 0 Å². The maximum Gasteiger partial charge on any atom is 0.136 e. The Morgan fingerprint density at radius 1 is 1.19 bits per heavy atom. The SMILES string of the molecule is Cc1cc(O)c(-c2cccnc2Cl)cc1Cl. The minimum Gasteiger partial charge on any atom is -0.507 e. The van der Waals surface area contributed by atoms with Gasteiger partial charge in [0, 0.05) is 22.3 Å². The second-order valence-electron chi connectivity index (χ2n) is 3.46. The number of aromatic hydroxyl groups is 1. The number of benzene rings is 1. The van der Waals surface area contributed by atoms with Gasteiger partial charge in [0.25, 0.3) is 0 Å². The predicted octanol–water partition coefficient (Wildman–Crippen LogP) is 4.07. The van der Waals surface area contributed by atoms with Gasteiger partial charge >= 0.3 is 0 Å². The number of hydrogen-bond donors (Lipinski definition) is 1. The summed E-state index contributed by atoms with van der Waals surface area (Å²) in [6, 6.07) is 6.85. The van der Waals surface area contributed by atoms with Crippen molar-refractivity contribution in [3.63, 3.8) is 0 Å². The number of phenolic OH excluding ortho intramolecular Hbond substituents is 1. The van der Waals surface area contributed by atoms with E-state index in [2.05, 4.69) is 4.98 Å². The van der Waals surface area contributed by atoms with Crippen molar-refractivity contribution in [3.05, 3.63) is 46.2 Å². The van der Waals surface area contributed by atoms with Crippen LogP contribution >= 0.6 is 23.2 Å². The minimum atomic E-state index is 0.150. The Labute approximate surface area is 103 Å². The van der Waals surface area contributed by atoms with E-state index in [0.29, 0.717) is 21.3 Å². The van der Waals surface area contributed by atoms with E-state index in [1.807, 2.05) is 6.92 Å². The van der Waals surface area contributed by atoms with Crippen LogP contribution < -0.4 is 0 Å². The molecule has 1 aromatic heterocycles. The highest BCUT2D eigenvalue weighted by molar-refractivity contribution is 6.33. The van der Waals surface area contributed by atoms with E-state index in [-0.39, 0.29) is 5.75 Å². The van der Waals surface area contributed by atoms with Gasteiger partial charge in [-0.3, -0.25) is 0 Å². The van der Waals surface area contributed by atoms with Gasteiger partial charge < -0.3 is 5.11 Å². The number of phenols is 1. The highest BCUT2D eigenvalue weighted by atomic mass is 35.5. The molecule has 0 atom stereocenters. The standard InChI is InChI=1S/C12H9Cl2NO/c1-7-5-11(16)9(6-10(7)13)8-3-2-4-15-12(8)14/h2-6,16H,1H3. The summed E-state index contributed by atoms with van der Waals surface area (Å²) in [5.74, 6) is 0.150. The van der Waals surface area contributed by atoms with Crippen molar-refractivity contribution in [2.45, 2.75) is 6.92 Å². The first kappa shape index (κ1) is 11.2. The Morgan fingerprint density at radius 2 is 1.94 bits per heavy atom. The molecule has 0 unspecified atom stereocenters. The zero-order chi connectivity index (χ0) is 11.7. The number of pyridine rings is 1. The number of rotatable bonds is 1. The number of halogens is 2. The first-order valence-corrected chi connectivity index (χ1v) is 5.45. The molecule has 0 amide bonds. The van der Waals surface area contributed by atoms with Gasteiger partial charge in [-0.25, -0.2) is 4.98 Å². The van der Waals surface area contributed by atoms with Crippen LogP contribution in [0.1, 0.15) is 5.56 Å². The zero-order valence-corrected chi connectivity index (χ0v) is 10.0. The molecule has 1 heterocycles. The fourth-order valence-electron chi connectivity index (χ4n) is 1.47. The summed E-state index contributed by atoms with van der Waals surface area (Å²) in [7, 11) is 0. The summed E-state index contributed by atoms with van der Waals surface area (Å²) >= 11 is 12.0. The molecule has 0 saturated carbocycles. The summed E-state index contributed by atoms with van der Waals surface area (Å²) in [6.45, 7) is 1.83. The Kier molecular flexibility index (Phi) is 3.03. The van der Waals surface area contributed by atoms with Gasteiger partial charge in [-0.15, -0.1) is 0 Å². The highest BCUT2D eigenvalue weighted by Gasteiger charge is 2.10. The van der Waals surface area contributed by atoms with Gasteiger partial charge in [0.1, 0.15) is 10.9 Å². The molecule has 0 aliphatic rings. The zero-order valence-electron chi connectivity index (χ0n) is 8.54. The highest BCUT2D eigenvalue weighted by Crippen LogP contribution is 2.36. The lowest BCUT2D eigenvalue weighted by Gasteiger charge is -2.08. The summed E-state index contributed by atoms with van der Waals surface area (Å²) in [4.78, 5) is 3.96. The number of aromatic nitrogens is 1. The number of aryl methyl sites for hydroxylation is 1. The molecule has 82 valence electrons. The molecule has 2 aromatic rings. The maximum absolute atomic E-state index is 9.85. The monoisotopic (exact) mass is 253 g/mol. The van der Waals surface area contributed by atoms with Crippen molar-refractivity contribution in [3.8, 4) is 16.9 Å². The largest absolute Gasteiger partial charge is 0.507 e. The van der Waals surface area contributed by atoms with Crippen LogP contribution in [-0.2, 0) is 0 Å². The van der Waals surface area contributed by atoms with Crippen LogP contribution in [0.5, 0.6) is 5.75 Å². The fourth-order valence-corrected chi connectivity index (χ4v) is 1.85. The van der Waals surface area contributed by atoms with E-state index in [0.717, 1.165) is 5.56 Å².